The van der Waals surface area contributed by atoms with E-state index in [2.05, 4.69) is 4.98 Å². The molecular weight excluding hydrogens is 176 g/mol. The molecule has 1 heterocycles. The number of H-pyrrole nitrogens is 1. The largest absolute Gasteiger partial charge is 0.500 e. The number of rotatable bonds is 4. The van der Waals surface area contributed by atoms with Crippen LogP contribution in [0.1, 0.15) is 0 Å². The maximum absolute atomic E-state index is 5.04. The smallest absolute Gasteiger partial charge is 0.460 e. The van der Waals surface area contributed by atoms with Crippen LogP contribution in [-0.4, -0.2) is 33.4 Å². The average molecular weight is 189 g/mol. The molecular formula is C7H13N2O4+. The van der Waals surface area contributed by atoms with Crippen molar-refractivity contribution in [3.05, 3.63) is 0 Å². The highest BCUT2D eigenvalue weighted by Crippen LogP contribution is 2.23. The Morgan fingerprint density at radius 2 is 1.69 bits per heavy atom. The fraction of sp³-hybridized carbons (Fsp3) is 0.571. The van der Waals surface area contributed by atoms with Gasteiger partial charge in [0, 0.05) is 4.73 Å². The number of ether oxygens (including phenoxy) is 3. The van der Waals surface area contributed by atoms with Gasteiger partial charge in [-0.1, -0.05) is 0 Å². The topological polar surface area (TPSA) is 56.6 Å². The van der Waals surface area contributed by atoms with Crippen molar-refractivity contribution in [3.8, 4) is 17.8 Å². The molecule has 1 N–H and O–H groups in total. The summed E-state index contributed by atoms with van der Waals surface area (Å²) in [4.78, 5) is 7.82. The van der Waals surface area contributed by atoms with Crippen LogP contribution in [0.4, 0.5) is 0 Å². The Morgan fingerprint density at radius 3 is 2.08 bits per heavy atom. The Balaban J connectivity index is 3.17. The van der Waals surface area contributed by atoms with Gasteiger partial charge in [0.25, 0.3) is 0 Å². The molecule has 0 aliphatic heterocycles. The van der Waals surface area contributed by atoms with Crippen LogP contribution in [0.15, 0.2) is 0 Å². The Hall–Kier alpha value is -1.59. The molecule has 0 fully saturated rings. The molecule has 6 nitrogen and oxygen atoms in total. The van der Waals surface area contributed by atoms with E-state index in [4.69, 9.17) is 19.0 Å². The molecule has 0 atom stereocenters. The van der Waals surface area contributed by atoms with Crippen LogP contribution in [0, 0.1) is 0 Å². The number of methoxy groups -OCH3 is 3. The van der Waals surface area contributed by atoms with Crippen LogP contribution >= 0.6 is 0 Å². The number of imidazole rings is 1. The maximum Gasteiger partial charge on any atom is 0.500 e. The number of hydrogen-bond donors (Lipinski definition) is 1. The first-order valence-electron chi connectivity index (χ1n) is 3.63. The van der Waals surface area contributed by atoms with E-state index in [-0.39, 0.29) is 0 Å². The summed E-state index contributed by atoms with van der Waals surface area (Å²) in [5.74, 6) is 0.864. The van der Waals surface area contributed by atoms with Gasteiger partial charge in [0.05, 0.1) is 21.3 Å². The maximum atomic E-state index is 5.04. The average Bonchev–Trinajstić information content (AvgIpc) is 2.54. The Labute approximate surface area is 75.9 Å². The molecule has 0 bridgehead atoms. The molecule has 0 aliphatic carbocycles. The molecule has 0 aromatic carbocycles. The second kappa shape index (κ2) is 3.88. The number of hydrogen-bond acceptors (Lipinski definition) is 4. The highest BCUT2D eigenvalue weighted by molar-refractivity contribution is 5.22. The summed E-state index contributed by atoms with van der Waals surface area (Å²) >= 11 is 0. The van der Waals surface area contributed by atoms with Gasteiger partial charge >= 0.3 is 17.8 Å². The number of aromatic amines is 1. The highest BCUT2D eigenvalue weighted by Gasteiger charge is 2.29. The minimum absolute atomic E-state index is 0.399. The normalized spacial score (nSPS) is 9.54. The number of nitrogens with one attached hydrogen (secondary N) is 1. The molecule has 6 heteroatoms. The van der Waals surface area contributed by atoms with Crippen molar-refractivity contribution in [2.75, 3.05) is 28.4 Å². The molecule has 1 aromatic rings. The molecule has 0 spiro atoms. The quantitative estimate of drug-likeness (QED) is 0.642. The molecule has 0 unspecified atom stereocenters. The van der Waals surface area contributed by atoms with Gasteiger partial charge in [-0.3, -0.25) is 0 Å². The monoisotopic (exact) mass is 189 g/mol. The summed E-state index contributed by atoms with van der Waals surface area (Å²) in [7, 11) is 6.05. The molecule has 0 amide bonds. The zero-order chi connectivity index (χ0) is 9.84. The van der Waals surface area contributed by atoms with E-state index in [1.165, 1.54) is 33.2 Å². The number of aromatic nitrogens is 2. The van der Waals surface area contributed by atoms with Crippen LogP contribution in [0.5, 0.6) is 17.8 Å². The minimum atomic E-state index is 0.399. The van der Waals surface area contributed by atoms with Gasteiger partial charge in [0.15, 0.2) is 0 Å². The van der Waals surface area contributed by atoms with Gasteiger partial charge in [-0.05, 0) is 0 Å². The van der Waals surface area contributed by atoms with E-state index < -0.39 is 0 Å². The van der Waals surface area contributed by atoms with Crippen molar-refractivity contribution in [3.63, 3.8) is 0 Å². The second-order valence-electron chi connectivity index (χ2n) is 2.15. The summed E-state index contributed by atoms with van der Waals surface area (Å²) in [6, 6.07) is 0.399. The van der Waals surface area contributed by atoms with Gasteiger partial charge in [-0.2, -0.15) is 4.98 Å². The lowest BCUT2D eigenvalue weighted by Gasteiger charge is -1.97. The zero-order valence-electron chi connectivity index (χ0n) is 8.08. The Morgan fingerprint density at radius 1 is 1.00 bits per heavy atom. The minimum Gasteiger partial charge on any atom is -0.460 e. The predicted octanol–water partition coefficient (Wildman–Crippen LogP) is -0.614. The second-order valence-corrected chi connectivity index (χ2v) is 2.15. The van der Waals surface area contributed by atoms with E-state index in [1.807, 2.05) is 0 Å². The molecule has 1 rings (SSSR count). The molecule has 0 saturated heterocycles. The lowest BCUT2D eigenvalue weighted by Crippen LogP contribution is -2.41. The first-order chi connectivity index (χ1) is 6.28. The van der Waals surface area contributed by atoms with Gasteiger partial charge in [0.1, 0.15) is 7.11 Å². The van der Waals surface area contributed by atoms with Crippen molar-refractivity contribution in [2.45, 2.75) is 0 Å². The Bertz CT molecular complexity index is 258. The third-order valence-corrected chi connectivity index (χ3v) is 1.56. The van der Waals surface area contributed by atoms with Crippen molar-refractivity contribution < 1.29 is 23.8 Å². The molecule has 74 valence electrons. The third-order valence-electron chi connectivity index (χ3n) is 1.56. The first kappa shape index (κ1) is 9.50. The summed E-state index contributed by atoms with van der Waals surface area (Å²) < 4.78 is 16.4. The van der Waals surface area contributed by atoms with E-state index in [1.54, 1.807) is 0 Å². The first-order valence-corrected chi connectivity index (χ1v) is 3.63. The summed E-state index contributed by atoms with van der Waals surface area (Å²) in [6.07, 6.45) is 0. The third kappa shape index (κ3) is 1.47. The van der Waals surface area contributed by atoms with Crippen molar-refractivity contribution in [2.24, 2.45) is 0 Å². The van der Waals surface area contributed by atoms with Crippen LogP contribution in [0.2, 0.25) is 0 Å². The van der Waals surface area contributed by atoms with E-state index >= 15 is 0 Å². The predicted molar refractivity (Wildman–Crippen MR) is 43.1 cm³/mol. The van der Waals surface area contributed by atoms with Crippen molar-refractivity contribution in [1.82, 2.24) is 4.98 Å². The van der Waals surface area contributed by atoms with Gasteiger partial charge in [-0.25, -0.2) is 0 Å². The van der Waals surface area contributed by atoms with Gasteiger partial charge in [-0.15, -0.1) is 0 Å². The fourth-order valence-corrected chi connectivity index (χ4v) is 1.000. The lowest BCUT2D eigenvalue weighted by atomic mass is 10.8. The van der Waals surface area contributed by atoms with E-state index in [0.717, 1.165) is 0 Å². The fourth-order valence-electron chi connectivity index (χ4n) is 1.000. The molecule has 0 saturated carbocycles. The molecule has 13 heavy (non-hydrogen) atoms. The van der Waals surface area contributed by atoms with Crippen LogP contribution in [0.3, 0.4) is 0 Å². The van der Waals surface area contributed by atoms with E-state index in [0.29, 0.717) is 17.8 Å². The van der Waals surface area contributed by atoms with Crippen molar-refractivity contribution in [1.29, 1.82) is 0 Å². The van der Waals surface area contributed by atoms with Crippen molar-refractivity contribution >= 4 is 0 Å². The van der Waals surface area contributed by atoms with E-state index in [9.17, 15) is 0 Å². The van der Waals surface area contributed by atoms with Gasteiger partial charge in [0.2, 0.25) is 0 Å². The standard InChI is InChI=1S/C7H12N2O4/c1-10-5-6(11-2)9(13-4)7(8-5)12-3/h1-4H3/p+1. The SMILES string of the molecule is COc1[nH]c(OC)[n+](OC)c1OC. The lowest BCUT2D eigenvalue weighted by molar-refractivity contribution is -0.887. The highest BCUT2D eigenvalue weighted by atomic mass is 16.7. The number of nitrogens with zero attached hydrogens (tertiary/aromatic N) is 1. The Kier molecular flexibility index (Phi) is 2.84. The molecule has 0 aliphatic rings. The van der Waals surface area contributed by atoms with Crippen LogP contribution in [-0.2, 0) is 0 Å². The molecule has 1 aromatic heterocycles. The summed E-state index contributed by atoms with van der Waals surface area (Å²) in [5, 5.41) is 0. The summed E-state index contributed by atoms with van der Waals surface area (Å²) in [5.41, 5.74) is 0. The summed E-state index contributed by atoms with van der Waals surface area (Å²) in [6.45, 7) is 0. The van der Waals surface area contributed by atoms with Crippen LogP contribution in [0.25, 0.3) is 0 Å². The molecule has 0 radical (unpaired) electrons. The zero-order valence-corrected chi connectivity index (χ0v) is 8.08. The van der Waals surface area contributed by atoms with Gasteiger partial charge < -0.3 is 19.0 Å². The van der Waals surface area contributed by atoms with Crippen LogP contribution < -0.4 is 23.8 Å².